The fourth-order valence-corrected chi connectivity index (χ4v) is 3.14. The number of carbonyl (C=O) groups excluding carboxylic acids is 1. The van der Waals surface area contributed by atoms with Crippen LogP contribution in [0.25, 0.3) is 0 Å². The van der Waals surface area contributed by atoms with Crippen molar-refractivity contribution in [2.75, 3.05) is 12.7 Å². The van der Waals surface area contributed by atoms with Crippen LogP contribution in [-0.4, -0.2) is 29.3 Å². The SMILES string of the molecule is O=C(NCCCP)c1ccc(CC2(O)/C=C\CCCCC2)cc1. The Kier molecular flexibility index (Phi) is 7.26. The molecule has 126 valence electrons. The first kappa shape index (κ1) is 18.2. The highest BCUT2D eigenvalue weighted by Gasteiger charge is 2.24. The summed E-state index contributed by atoms with van der Waals surface area (Å²) in [7, 11) is 2.66. The van der Waals surface area contributed by atoms with Crippen LogP contribution in [0, 0.1) is 0 Å². The third-order valence-corrected chi connectivity index (χ3v) is 4.71. The molecule has 0 aromatic heterocycles. The van der Waals surface area contributed by atoms with E-state index in [0.29, 0.717) is 18.5 Å². The summed E-state index contributed by atoms with van der Waals surface area (Å²) in [5, 5.41) is 13.7. The highest BCUT2D eigenvalue weighted by Crippen LogP contribution is 2.25. The Morgan fingerprint density at radius 2 is 2.00 bits per heavy atom. The number of carbonyl (C=O) groups is 1. The summed E-state index contributed by atoms with van der Waals surface area (Å²) >= 11 is 0. The molecule has 1 aromatic rings. The Bertz CT molecular complexity index is 527. The van der Waals surface area contributed by atoms with Crippen LogP contribution >= 0.6 is 9.24 Å². The number of nitrogens with one attached hydrogen (secondary N) is 1. The van der Waals surface area contributed by atoms with Crippen LogP contribution in [0.15, 0.2) is 36.4 Å². The molecule has 0 heterocycles. The molecule has 1 amide bonds. The van der Waals surface area contributed by atoms with E-state index < -0.39 is 5.60 Å². The summed E-state index contributed by atoms with van der Waals surface area (Å²) in [6.45, 7) is 0.703. The molecule has 0 saturated carbocycles. The largest absolute Gasteiger partial charge is 0.385 e. The molecule has 0 saturated heterocycles. The third-order valence-electron chi connectivity index (χ3n) is 4.30. The Morgan fingerprint density at radius 3 is 2.74 bits per heavy atom. The fourth-order valence-electron chi connectivity index (χ4n) is 2.94. The third kappa shape index (κ3) is 6.08. The van der Waals surface area contributed by atoms with Gasteiger partial charge in [-0.25, -0.2) is 0 Å². The normalized spacial score (nSPS) is 22.9. The molecule has 2 unspecified atom stereocenters. The van der Waals surface area contributed by atoms with Gasteiger partial charge in [0.05, 0.1) is 5.60 Å². The maximum atomic E-state index is 12.0. The van der Waals surface area contributed by atoms with Crippen LogP contribution < -0.4 is 5.32 Å². The highest BCUT2D eigenvalue weighted by molar-refractivity contribution is 7.16. The van der Waals surface area contributed by atoms with Crippen LogP contribution in [0.2, 0.25) is 0 Å². The zero-order chi connectivity index (χ0) is 16.5. The fraction of sp³-hybridized carbons (Fsp3) is 0.526. The van der Waals surface area contributed by atoms with E-state index in [2.05, 4.69) is 20.6 Å². The van der Waals surface area contributed by atoms with E-state index in [1.807, 2.05) is 30.3 Å². The van der Waals surface area contributed by atoms with Crippen molar-refractivity contribution < 1.29 is 9.90 Å². The van der Waals surface area contributed by atoms with Gasteiger partial charge in [0.1, 0.15) is 0 Å². The zero-order valence-corrected chi connectivity index (χ0v) is 14.9. The first-order chi connectivity index (χ1) is 11.1. The molecule has 1 aromatic carbocycles. The lowest BCUT2D eigenvalue weighted by atomic mass is 9.86. The molecule has 23 heavy (non-hydrogen) atoms. The number of benzene rings is 1. The Labute approximate surface area is 141 Å². The van der Waals surface area contributed by atoms with Gasteiger partial charge in [0.2, 0.25) is 0 Å². The summed E-state index contributed by atoms with van der Waals surface area (Å²) in [5.41, 5.74) is 1.00. The second-order valence-electron chi connectivity index (χ2n) is 6.38. The Hall–Kier alpha value is -1.18. The van der Waals surface area contributed by atoms with Gasteiger partial charge in [-0.2, -0.15) is 0 Å². The van der Waals surface area contributed by atoms with E-state index in [1.54, 1.807) is 0 Å². The first-order valence-corrected chi connectivity index (χ1v) is 9.42. The molecule has 0 bridgehead atoms. The second-order valence-corrected chi connectivity index (χ2v) is 6.95. The maximum absolute atomic E-state index is 12.0. The summed E-state index contributed by atoms with van der Waals surface area (Å²) in [5.74, 6) is -0.0282. The minimum atomic E-state index is -0.747. The summed E-state index contributed by atoms with van der Waals surface area (Å²) in [6, 6.07) is 7.60. The van der Waals surface area contributed by atoms with E-state index in [9.17, 15) is 9.90 Å². The average Bonchev–Trinajstić information content (AvgIpc) is 2.52. The minimum absolute atomic E-state index is 0.0282. The van der Waals surface area contributed by atoms with Gasteiger partial charge in [-0.05, 0) is 49.5 Å². The van der Waals surface area contributed by atoms with E-state index >= 15 is 0 Å². The number of rotatable bonds is 6. The maximum Gasteiger partial charge on any atom is 0.251 e. The monoisotopic (exact) mass is 333 g/mol. The number of hydrogen-bond acceptors (Lipinski definition) is 2. The van der Waals surface area contributed by atoms with Gasteiger partial charge >= 0.3 is 0 Å². The quantitative estimate of drug-likeness (QED) is 0.476. The summed E-state index contributed by atoms with van der Waals surface area (Å²) < 4.78 is 0. The molecular formula is C19H28NO2P. The van der Waals surface area contributed by atoms with Crippen LogP contribution in [-0.2, 0) is 6.42 Å². The Morgan fingerprint density at radius 1 is 1.22 bits per heavy atom. The lowest BCUT2D eigenvalue weighted by Gasteiger charge is -2.26. The predicted molar refractivity (Wildman–Crippen MR) is 98.8 cm³/mol. The number of amides is 1. The summed E-state index contributed by atoms with van der Waals surface area (Å²) in [4.78, 5) is 12.0. The van der Waals surface area contributed by atoms with E-state index in [1.165, 1.54) is 12.8 Å². The molecule has 2 atom stereocenters. The molecular weight excluding hydrogens is 305 g/mol. The van der Waals surface area contributed by atoms with Gasteiger partial charge in [0, 0.05) is 18.5 Å². The minimum Gasteiger partial charge on any atom is -0.385 e. The molecule has 2 rings (SSSR count). The number of aliphatic hydroxyl groups is 1. The van der Waals surface area contributed by atoms with Crippen molar-refractivity contribution in [3.63, 3.8) is 0 Å². The predicted octanol–water partition coefficient (Wildman–Crippen LogP) is 3.48. The van der Waals surface area contributed by atoms with E-state index in [4.69, 9.17) is 0 Å². The molecule has 0 fully saturated rings. The van der Waals surface area contributed by atoms with Crippen LogP contribution in [0.1, 0.15) is 54.4 Å². The van der Waals surface area contributed by atoms with E-state index in [-0.39, 0.29) is 5.91 Å². The van der Waals surface area contributed by atoms with Gasteiger partial charge in [0.15, 0.2) is 0 Å². The topological polar surface area (TPSA) is 49.3 Å². The van der Waals surface area contributed by atoms with Gasteiger partial charge < -0.3 is 10.4 Å². The average molecular weight is 333 g/mol. The van der Waals surface area contributed by atoms with Crippen molar-refractivity contribution >= 4 is 15.1 Å². The second kappa shape index (κ2) is 9.20. The van der Waals surface area contributed by atoms with Gasteiger partial charge in [-0.1, -0.05) is 37.1 Å². The molecule has 0 aliphatic heterocycles. The van der Waals surface area contributed by atoms with Gasteiger partial charge in [0.25, 0.3) is 5.91 Å². The number of hydrogen-bond donors (Lipinski definition) is 2. The molecule has 0 radical (unpaired) electrons. The number of allylic oxidation sites excluding steroid dienone is 1. The lowest BCUT2D eigenvalue weighted by Crippen LogP contribution is -2.29. The van der Waals surface area contributed by atoms with Gasteiger partial charge in [-0.3, -0.25) is 4.79 Å². The van der Waals surface area contributed by atoms with Crippen molar-refractivity contribution in [1.82, 2.24) is 5.32 Å². The van der Waals surface area contributed by atoms with E-state index in [0.717, 1.165) is 37.4 Å². The standard InChI is InChI=1S/C19H28NO2P/c21-18(20-13-6-14-23)17-9-7-16(8-10-17)15-19(22)11-4-2-1-3-5-12-19/h4,7-11,22H,1-3,5-6,12-15,23H2,(H,20,21)/b11-4-. The zero-order valence-electron chi connectivity index (χ0n) is 13.8. The summed E-state index contributed by atoms with van der Waals surface area (Å²) in [6.07, 6.45) is 12.0. The highest BCUT2D eigenvalue weighted by atomic mass is 31.0. The lowest BCUT2D eigenvalue weighted by molar-refractivity contribution is 0.0772. The van der Waals surface area contributed by atoms with Crippen LogP contribution in [0.5, 0.6) is 0 Å². The molecule has 2 N–H and O–H groups in total. The molecule has 0 spiro atoms. The smallest absolute Gasteiger partial charge is 0.251 e. The van der Waals surface area contributed by atoms with Crippen LogP contribution in [0.4, 0.5) is 0 Å². The molecule has 1 aliphatic carbocycles. The van der Waals surface area contributed by atoms with Gasteiger partial charge in [-0.15, -0.1) is 9.24 Å². The van der Waals surface area contributed by atoms with Crippen molar-refractivity contribution in [1.29, 1.82) is 0 Å². The molecule has 3 nitrogen and oxygen atoms in total. The van der Waals surface area contributed by atoms with Crippen molar-refractivity contribution in [2.24, 2.45) is 0 Å². The first-order valence-electron chi connectivity index (χ1n) is 8.60. The van der Waals surface area contributed by atoms with Crippen molar-refractivity contribution in [3.05, 3.63) is 47.5 Å². The Balaban J connectivity index is 1.96. The van der Waals surface area contributed by atoms with Crippen molar-refractivity contribution in [2.45, 2.75) is 50.5 Å². The van der Waals surface area contributed by atoms with Crippen molar-refractivity contribution in [3.8, 4) is 0 Å². The molecule has 1 aliphatic rings. The molecule has 4 heteroatoms. The van der Waals surface area contributed by atoms with Crippen LogP contribution in [0.3, 0.4) is 0 Å².